The van der Waals surface area contributed by atoms with Gasteiger partial charge in [-0.05, 0) is 48.5 Å². The Morgan fingerprint density at radius 3 is 2.31 bits per heavy atom. The molecule has 0 radical (unpaired) electrons. The van der Waals surface area contributed by atoms with Gasteiger partial charge in [-0.2, -0.15) is 0 Å². The number of hydrogen-bond acceptors (Lipinski definition) is 7. The van der Waals surface area contributed by atoms with Crippen LogP contribution in [0.1, 0.15) is 10.4 Å². The fourth-order valence-electron chi connectivity index (χ4n) is 3.64. The first-order valence-electron chi connectivity index (χ1n) is 10.9. The van der Waals surface area contributed by atoms with Crippen molar-refractivity contribution < 1.29 is 28.5 Å². The summed E-state index contributed by atoms with van der Waals surface area (Å²) < 4.78 is 21.1. The number of para-hydroxylation sites is 1. The number of pyridine rings is 1. The fourth-order valence-corrected chi connectivity index (χ4v) is 3.90. The van der Waals surface area contributed by atoms with Crippen molar-refractivity contribution in [3.63, 3.8) is 0 Å². The van der Waals surface area contributed by atoms with E-state index in [2.05, 4.69) is 10.3 Å². The number of nitrogens with one attached hydrogen (secondary N) is 1. The molecule has 0 aliphatic carbocycles. The first-order chi connectivity index (χ1) is 17.4. The topological polar surface area (TPSA) is 96.0 Å². The summed E-state index contributed by atoms with van der Waals surface area (Å²) in [4.78, 5) is 30.1. The summed E-state index contributed by atoms with van der Waals surface area (Å²) in [5, 5.41) is 3.60. The lowest BCUT2D eigenvalue weighted by Gasteiger charge is -2.12. The van der Waals surface area contributed by atoms with Gasteiger partial charge in [0, 0.05) is 16.6 Å². The Morgan fingerprint density at radius 2 is 1.58 bits per heavy atom. The first kappa shape index (κ1) is 24.8. The zero-order valence-corrected chi connectivity index (χ0v) is 20.6. The Morgan fingerprint density at radius 1 is 0.861 bits per heavy atom. The summed E-state index contributed by atoms with van der Waals surface area (Å²) in [6.45, 7) is -0.481. The molecular formula is C27H23ClN2O6. The van der Waals surface area contributed by atoms with Crippen molar-refractivity contribution in [1.29, 1.82) is 0 Å². The van der Waals surface area contributed by atoms with Crippen LogP contribution in [0.5, 0.6) is 17.2 Å². The van der Waals surface area contributed by atoms with E-state index in [0.717, 1.165) is 5.56 Å². The van der Waals surface area contributed by atoms with Gasteiger partial charge < -0.3 is 24.3 Å². The van der Waals surface area contributed by atoms with Gasteiger partial charge in [0.25, 0.3) is 5.91 Å². The Labute approximate surface area is 212 Å². The Bertz CT molecular complexity index is 1440. The number of amides is 1. The predicted octanol–water partition coefficient (Wildman–Crippen LogP) is 5.38. The van der Waals surface area contributed by atoms with E-state index >= 15 is 0 Å². The average molecular weight is 507 g/mol. The Balaban J connectivity index is 1.57. The van der Waals surface area contributed by atoms with E-state index in [1.807, 2.05) is 12.1 Å². The number of ether oxygens (including phenoxy) is 4. The molecule has 1 heterocycles. The number of carbonyl (C=O) groups is 2. The zero-order valence-electron chi connectivity index (χ0n) is 19.8. The van der Waals surface area contributed by atoms with Gasteiger partial charge in [0.1, 0.15) is 5.75 Å². The van der Waals surface area contributed by atoms with Crippen LogP contribution in [-0.2, 0) is 9.53 Å². The molecule has 1 amide bonds. The number of esters is 1. The molecular weight excluding hydrogens is 484 g/mol. The van der Waals surface area contributed by atoms with Crippen LogP contribution in [0.15, 0.2) is 66.7 Å². The zero-order chi connectivity index (χ0) is 25.7. The molecule has 0 bridgehead atoms. The quantitative estimate of drug-likeness (QED) is 0.321. The number of anilines is 1. The third kappa shape index (κ3) is 5.34. The molecule has 0 spiro atoms. The fraction of sp³-hybridized carbons (Fsp3) is 0.148. The molecule has 4 rings (SSSR count). The van der Waals surface area contributed by atoms with Crippen molar-refractivity contribution in [3.8, 4) is 28.5 Å². The first-order valence-corrected chi connectivity index (χ1v) is 11.2. The van der Waals surface area contributed by atoms with Crippen LogP contribution in [0.2, 0.25) is 5.02 Å². The highest BCUT2D eigenvalue weighted by atomic mass is 35.5. The van der Waals surface area contributed by atoms with Crippen LogP contribution in [0.4, 0.5) is 5.69 Å². The summed E-state index contributed by atoms with van der Waals surface area (Å²) in [6, 6.07) is 19.0. The molecule has 3 aromatic carbocycles. The maximum atomic E-state index is 13.0. The third-order valence-electron chi connectivity index (χ3n) is 5.39. The second kappa shape index (κ2) is 11.0. The Kier molecular flexibility index (Phi) is 7.56. The van der Waals surface area contributed by atoms with Gasteiger partial charge in [0.05, 0.1) is 43.1 Å². The normalized spacial score (nSPS) is 10.6. The summed E-state index contributed by atoms with van der Waals surface area (Å²) in [6.07, 6.45) is 0. The summed E-state index contributed by atoms with van der Waals surface area (Å²) in [5.41, 5.74) is 2.60. The highest BCUT2D eigenvalue weighted by Gasteiger charge is 2.18. The second-order valence-corrected chi connectivity index (χ2v) is 8.02. The Hall–Kier alpha value is -4.30. The maximum Gasteiger partial charge on any atom is 0.339 e. The molecule has 0 unspecified atom stereocenters. The number of fused-ring (bicyclic) bond motifs is 1. The number of aromatic nitrogens is 1. The summed E-state index contributed by atoms with van der Waals surface area (Å²) >= 11 is 6.09. The molecule has 4 aromatic rings. The van der Waals surface area contributed by atoms with Crippen LogP contribution < -0.4 is 19.5 Å². The van der Waals surface area contributed by atoms with Gasteiger partial charge in [0.15, 0.2) is 18.1 Å². The molecule has 0 atom stereocenters. The van der Waals surface area contributed by atoms with Crippen LogP contribution in [0.25, 0.3) is 22.2 Å². The van der Waals surface area contributed by atoms with Crippen molar-refractivity contribution in [1.82, 2.24) is 4.98 Å². The van der Waals surface area contributed by atoms with Gasteiger partial charge in [-0.3, -0.25) is 4.79 Å². The van der Waals surface area contributed by atoms with Crippen LogP contribution in [0, 0.1) is 0 Å². The van der Waals surface area contributed by atoms with Gasteiger partial charge in [-0.15, -0.1) is 0 Å². The molecule has 9 heteroatoms. The second-order valence-electron chi connectivity index (χ2n) is 7.62. The lowest BCUT2D eigenvalue weighted by atomic mass is 10.0. The highest BCUT2D eigenvalue weighted by molar-refractivity contribution is 6.32. The minimum atomic E-state index is -0.654. The third-order valence-corrected chi connectivity index (χ3v) is 5.68. The number of rotatable bonds is 8. The van der Waals surface area contributed by atoms with Crippen molar-refractivity contribution in [2.45, 2.75) is 0 Å². The molecule has 36 heavy (non-hydrogen) atoms. The standard InChI is InChI=1S/C27H23ClN2O6/c1-33-23-11-9-17(13-20(23)28)29-26(31)15-36-27(32)19-14-22(30-21-7-5-4-6-18(19)21)16-8-10-24(34-2)25(12-16)35-3/h4-14H,15H2,1-3H3,(H,29,31). The molecule has 8 nitrogen and oxygen atoms in total. The van der Waals surface area contributed by atoms with E-state index in [1.54, 1.807) is 68.8 Å². The lowest BCUT2D eigenvalue weighted by molar-refractivity contribution is -0.119. The smallest absolute Gasteiger partial charge is 0.339 e. The van der Waals surface area contributed by atoms with E-state index in [1.165, 1.54) is 7.11 Å². The minimum absolute atomic E-state index is 0.283. The molecule has 1 aromatic heterocycles. The van der Waals surface area contributed by atoms with Gasteiger partial charge in [-0.1, -0.05) is 29.8 Å². The van der Waals surface area contributed by atoms with Crippen molar-refractivity contribution >= 4 is 40.1 Å². The van der Waals surface area contributed by atoms with Crippen LogP contribution >= 0.6 is 11.6 Å². The lowest BCUT2D eigenvalue weighted by Crippen LogP contribution is -2.21. The number of halogens is 1. The average Bonchev–Trinajstić information content (AvgIpc) is 2.90. The number of carbonyl (C=O) groups excluding carboxylic acids is 2. The van der Waals surface area contributed by atoms with Crippen molar-refractivity contribution in [2.75, 3.05) is 33.3 Å². The molecule has 0 fully saturated rings. The highest BCUT2D eigenvalue weighted by Crippen LogP contribution is 2.33. The molecule has 0 aliphatic rings. The molecule has 0 aliphatic heterocycles. The summed E-state index contributed by atoms with van der Waals surface area (Å²) in [5.74, 6) is 0.424. The molecule has 1 N–H and O–H groups in total. The molecule has 0 saturated carbocycles. The maximum absolute atomic E-state index is 13.0. The largest absolute Gasteiger partial charge is 0.495 e. The minimum Gasteiger partial charge on any atom is -0.495 e. The van der Waals surface area contributed by atoms with Gasteiger partial charge in [0.2, 0.25) is 0 Å². The van der Waals surface area contributed by atoms with E-state index in [9.17, 15) is 9.59 Å². The number of benzene rings is 3. The van der Waals surface area contributed by atoms with E-state index in [-0.39, 0.29) is 5.56 Å². The predicted molar refractivity (Wildman–Crippen MR) is 137 cm³/mol. The van der Waals surface area contributed by atoms with Crippen LogP contribution in [-0.4, -0.2) is 44.8 Å². The van der Waals surface area contributed by atoms with E-state index in [4.69, 9.17) is 30.5 Å². The van der Waals surface area contributed by atoms with Gasteiger partial charge in [-0.25, -0.2) is 9.78 Å². The number of nitrogens with zero attached hydrogens (tertiary/aromatic N) is 1. The summed E-state index contributed by atoms with van der Waals surface area (Å²) in [7, 11) is 4.60. The molecule has 184 valence electrons. The van der Waals surface area contributed by atoms with Crippen molar-refractivity contribution in [3.05, 3.63) is 77.3 Å². The molecule has 0 saturated heterocycles. The SMILES string of the molecule is COc1ccc(NC(=O)COC(=O)c2cc(-c3ccc(OC)c(OC)c3)nc3ccccc23)cc1Cl. The monoisotopic (exact) mass is 506 g/mol. The number of methoxy groups -OCH3 is 3. The van der Waals surface area contributed by atoms with Crippen LogP contribution in [0.3, 0.4) is 0 Å². The van der Waals surface area contributed by atoms with Crippen molar-refractivity contribution in [2.24, 2.45) is 0 Å². The number of hydrogen-bond donors (Lipinski definition) is 1. The van der Waals surface area contributed by atoms with E-state index in [0.29, 0.717) is 44.6 Å². The van der Waals surface area contributed by atoms with Gasteiger partial charge >= 0.3 is 5.97 Å². The van der Waals surface area contributed by atoms with E-state index < -0.39 is 18.5 Å².